The van der Waals surface area contributed by atoms with Gasteiger partial charge in [-0.25, -0.2) is 4.79 Å². The number of amides is 1. The van der Waals surface area contributed by atoms with Crippen molar-refractivity contribution >= 4 is 23.5 Å². The molecule has 0 unspecified atom stereocenters. The van der Waals surface area contributed by atoms with Gasteiger partial charge >= 0.3 is 5.97 Å². The van der Waals surface area contributed by atoms with Crippen LogP contribution in [0.2, 0.25) is 0 Å². The Kier molecular flexibility index (Phi) is 6.94. The lowest BCUT2D eigenvalue weighted by molar-refractivity contribution is -0.305. The van der Waals surface area contributed by atoms with Crippen LogP contribution in [0.4, 0.5) is 5.69 Å². The van der Waals surface area contributed by atoms with Crippen LogP contribution in [0.1, 0.15) is 43.0 Å². The molecule has 1 N–H and O–H groups in total. The van der Waals surface area contributed by atoms with Crippen LogP contribution >= 0.6 is 0 Å². The number of hydrogen-bond donors (Lipinski definition) is 1. The number of unbranched alkanes of at least 4 members (excludes halogenated alkanes) is 1. The topological polar surface area (TPSA) is 95.5 Å². The lowest BCUT2D eigenvalue weighted by Gasteiger charge is -2.08. The summed E-state index contributed by atoms with van der Waals surface area (Å²) in [7, 11) is 0. The van der Waals surface area contributed by atoms with E-state index in [1.165, 1.54) is 6.07 Å². The summed E-state index contributed by atoms with van der Waals surface area (Å²) in [4.78, 5) is 33.5. The fraction of sp³-hybridized carbons (Fsp3) is 0.400. The summed E-state index contributed by atoms with van der Waals surface area (Å²) in [5.41, 5.74) is 0.757. The zero-order valence-corrected chi connectivity index (χ0v) is 11.9. The molecule has 1 aromatic carbocycles. The number of ether oxygens (including phenoxy) is 1. The summed E-state index contributed by atoms with van der Waals surface area (Å²) in [6, 6.07) is 6.31. The van der Waals surface area contributed by atoms with E-state index in [1.54, 1.807) is 18.2 Å². The summed E-state index contributed by atoms with van der Waals surface area (Å²) in [5, 5.41) is 12.8. The molecule has 0 spiro atoms. The Morgan fingerprint density at radius 1 is 1.24 bits per heavy atom. The lowest BCUT2D eigenvalue weighted by Crippen LogP contribution is -2.24. The molecule has 0 atom stereocenters. The molecule has 0 aliphatic rings. The van der Waals surface area contributed by atoms with Crippen molar-refractivity contribution in [3.8, 4) is 0 Å². The molecule has 0 aromatic heterocycles. The first-order valence-electron chi connectivity index (χ1n) is 6.79. The van der Waals surface area contributed by atoms with Gasteiger partial charge in [0.15, 0.2) is 0 Å². The Labute approximate surface area is 123 Å². The number of nitrogens with one attached hydrogen (secondary N) is 1. The number of hydrogen-bond acceptors (Lipinski definition) is 5. The van der Waals surface area contributed by atoms with Gasteiger partial charge in [-0.05, 0) is 31.0 Å². The van der Waals surface area contributed by atoms with Crippen molar-refractivity contribution in [3.63, 3.8) is 0 Å². The molecule has 0 heterocycles. The molecule has 1 amide bonds. The van der Waals surface area contributed by atoms with Crippen molar-refractivity contribution in [2.75, 3.05) is 11.9 Å². The Morgan fingerprint density at radius 2 is 2.00 bits per heavy atom. The smallest absolute Gasteiger partial charge is 0.338 e. The molecule has 114 valence electrons. The Morgan fingerprint density at radius 3 is 2.67 bits per heavy atom. The second-order valence-electron chi connectivity index (χ2n) is 4.49. The third kappa shape index (κ3) is 6.56. The molecule has 0 saturated heterocycles. The highest BCUT2D eigenvalue weighted by molar-refractivity contribution is 5.95. The standard InChI is InChI=1S/C15H19NO5/c1-2-3-9-21-15(20)11-5-4-6-12(10-11)16-13(17)7-8-14(18)19/h4-6,10H,2-3,7-9H2,1H3,(H,16,17)(H,18,19)/p-1. The molecule has 6 heteroatoms. The van der Waals surface area contributed by atoms with Gasteiger partial charge in [0.1, 0.15) is 0 Å². The third-order valence-corrected chi connectivity index (χ3v) is 2.67. The average molecular weight is 292 g/mol. The van der Waals surface area contributed by atoms with E-state index in [2.05, 4.69) is 5.32 Å². The van der Waals surface area contributed by atoms with Gasteiger partial charge in [0.05, 0.1) is 12.2 Å². The van der Waals surface area contributed by atoms with Crippen molar-refractivity contribution in [1.29, 1.82) is 0 Å². The van der Waals surface area contributed by atoms with E-state index in [0.717, 1.165) is 12.8 Å². The van der Waals surface area contributed by atoms with Crippen molar-refractivity contribution in [2.45, 2.75) is 32.6 Å². The predicted molar refractivity (Wildman–Crippen MR) is 74.5 cm³/mol. The minimum absolute atomic E-state index is 0.173. The summed E-state index contributed by atoms with van der Waals surface area (Å²) in [5.74, 6) is -2.18. The quantitative estimate of drug-likeness (QED) is 0.572. The fourth-order valence-corrected chi connectivity index (χ4v) is 1.56. The number of anilines is 1. The fourth-order valence-electron chi connectivity index (χ4n) is 1.56. The van der Waals surface area contributed by atoms with E-state index >= 15 is 0 Å². The second-order valence-corrected chi connectivity index (χ2v) is 4.49. The maximum atomic E-state index is 11.8. The van der Waals surface area contributed by atoms with Crippen LogP contribution in [0.3, 0.4) is 0 Å². The van der Waals surface area contributed by atoms with Crippen molar-refractivity contribution in [2.24, 2.45) is 0 Å². The largest absolute Gasteiger partial charge is 0.550 e. The van der Waals surface area contributed by atoms with Crippen LogP contribution in [-0.2, 0) is 14.3 Å². The number of aliphatic carboxylic acids is 1. The van der Waals surface area contributed by atoms with Crippen molar-refractivity contribution in [1.82, 2.24) is 0 Å². The number of carboxylic acids is 1. The number of carboxylic acid groups (broad SMARTS) is 1. The lowest BCUT2D eigenvalue weighted by atomic mass is 10.2. The minimum atomic E-state index is -1.28. The molecular formula is C15H18NO5-. The maximum Gasteiger partial charge on any atom is 0.338 e. The number of carbonyl (C=O) groups excluding carboxylic acids is 3. The van der Waals surface area contributed by atoms with Gasteiger partial charge in [0.25, 0.3) is 0 Å². The molecule has 0 fully saturated rings. The molecule has 1 rings (SSSR count). The molecule has 0 aliphatic carbocycles. The van der Waals surface area contributed by atoms with E-state index in [9.17, 15) is 19.5 Å². The highest BCUT2D eigenvalue weighted by atomic mass is 16.5. The highest BCUT2D eigenvalue weighted by Crippen LogP contribution is 2.12. The van der Waals surface area contributed by atoms with E-state index in [4.69, 9.17) is 4.74 Å². The highest BCUT2D eigenvalue weighted by Gasteiger charge is 2.09. The monoisotopic (exact) mass is 292 g/mol. The Bertz CT molecular complexity index is 513. The van der Waals surface area contributed by atoms with Gasteiger partial charge in [-0.3, -0.25) is 4.79 Å². The van der Waals surface area contributed by atoms with E-state index in [0.29, 0.717) is 17.9 Å². The second kappa shape index (κ2) is 8.73. The zero-order chi connectivity index (χ0) is 15.7. The van der Waals surface area contributed by atoms with Gasteiger partial charge in [-0.1, -0.05) is 19.4 Å². The van der Waals surface area contributed by atoms with E-state index < -0.39 is 17.8 Å². The normalized spacial score (nSPS) is 9.95. The van der Waals surface area contributed by atoms with Crippen LogP contribution in [0.15, 0.2) is 24.3 Å². The average Bonchev–Trinajstić information content (AvgIpc) is 2.45. The Hall–Kier alpha value is -2.37. The zero-order valence-electron chi connectivity index (χ0n) is 11.9. The predicted octanol–water partition coefficient (Wildman–Crippen LogP) is 1.11. The maximum absolute atomic E-state index is 11.8. The molecule has 0 bridgehead atoms. The number of benzene rings is 1. The van der Waals surface area contributed by atoms with Gasteiger partial charge in [0.2, 0.25) is 5.91 Å². The number of rotatable bonds is 8. The molecule has 1 aromatic rings. The molecular weight excluding hydrogens is 274 g/mol. The molecule has 21 heavy (non-hydrogen) atoms. The number of carbonyl (C=O) groups is 3. The SMILES string of the molecule is CCCCOC(=O)c1cccc(NC(=O)CCC(=O)[O-])c1. The Balaban J connectivity index is 2.57. The van der Waals surface area contributed by atoms with Gasteiger partial charge < -0.3 is 20.0 Å². The van der Waals surface area contributed by atoms with Crippen LogP contribution in [-0.4, -0.2) is 24.5 Å². The first kappa shape index (κ1) is 16.7. The molecule has 0 aliphatic heterocycles. The van der Waals surface area contributed by atoms with E-state index in [-0.39, 0.29) is 12.8 Å². The van der Waals surface area contributed by atoms with Gasteiger partial charge in [0, 0.05) is 18.1 Å². The van der Waals surface area contributed by atoms with Crippen molar-refractivity contribution < 1.29 is 24.2 Å². The summed E-state index contributed by atoms with van der Waals surface area (Å²) in [6.45, 7) is 2.36. The van der Waals surface area contributed by atoms with Crippen molar-refractivity contribution in [3.05, 3.63) is 29.8 Å². The van der Waals surface area contributed by atoms with Crippen LogP contribution < -0.4 is 10.4 Å². The van der Waals surface area contributed by atoms with Gasteiger partial charge in [-0.2, -0.15) is 0 Å². The van der Waals surface area contributed by atoms with Gasteiger partial charge in [-0.15, -0.1) is 0 Å². The molecule has 0 saturated carbocycles. The molecule has 0 radical (unpaired) electrons. The van der Waals surface area contributed by atoms with Crippen LogP contribution in [0, 0.1) is 0 Å². The van der Waals surface area contributed by atoms with Crippen LogP contribution in [0.5, 0.6) is 0 Å². The molecule has 6 nitrogen and oxygen atoms in total. The third-order valence-electron chi connectivity index (χ3n) is 2.67. The first-order chi connectivity index (χ1) is 10.0. The van der Waals surface area contributed by atoms with Crippen LogP contribution in [0.25, 0.3) is 0 Å². The minimum Gasteiger partial charge on any atom is -0.550 e. The summed E-state index contributed by atoms with van der Waals surface area (Å²) >= 11 is 0. The van der Waals surface area contributed by atoms with E-state index in [1.807, 2.05) is 6.92 Å². The summed E-state index contributed by atoms with van der Waals surface area (Å²) in [6.07, 6.45) is 1.21. The first-order valence-corrected chi connectivity index (χ1v) is 6.79. The summed E-state index contributed by atoms with van der Waals surface area (Å²) < 4.78 is 5.07. The number of esters is 1.